The summed E-state index contributed by atoms with van der Waals surface area (Å²) in [6.45, 7) is 5.11. The number of thiol groups is 1. The Hall–Kier alpha value is -0.770. The largest absolute Gasteiger partial charge is 0.464 e. The number of methoxy groups -OCH3 is 1. The van der Waals surface area contributed by atoms with Crippen molar-refractivity contribution in [2.75, 3.05) is 7.11 Å². The zero-order chi connectivity index (χ0) is 8.85. The van der Waals surface area contributed by atoms with Gasteiger partial charge in [0, 0.05) is 4.91 Å². The predicted molar refractivity (Wildman–Crippen MR) is 47.9 cm³/mol. The lowest BCUT2D eigenvalue weighted by molar-refractivity contribution is -0.136. The SMILES string of the molecule is C=N/C(C(=O)OC)=C(\S)CC. The summed E-state index contributed by atoms with van der Waals surface area (Å²) in [6, 6.07) is 0. The van der Waals surface area contributed by atoms with E-state index in [1.54, 1.807) is 0 Å². The van der Waals surface area contributed by atoms with Crippen molar-refractivity contribution in [1.29, 1.82) is 0 Å². The molecule has 0 aliphatic heterocycles. The minimum atomic E-state index is -0.494. The molecule has 0 aromatic carbocycles. The predicted octanol–water partition coefficient (Wildman–Crippen LogP) is 1.41. The quantitative estimate of drug-likeness (QED) is 0.303. The van der Waals surface area contributed by atoms with Crippen LogP contribution in [-0.2, 0) is 9.53 Å². The lowest BCUT2D eigenvalue weighted by Gasteiger charge is -2.01. The first-order valence-electron chi connectivity index (χ1n) is 3.14. The van der Waals surface area contributed by atoms with E-state index < -0.39 is 5.97 Å². The number of rotatable bonds is 3. The fourth-order valence-corrected chi connectivity index (χ4v) is 0.700. The van der Waals surface area contributed by atoms with E-state index >= 15 is 0 Å². The zero-order valence-electron chi connectivity index (χ0n) is 6.63. The van der Waals surface area contributed by atoms with Crippen LogP contribution in [0.2, 0.25) is 0 Å². The molecule has 0 spiro atoms. The Morgan fingerprint density at radius 2 is 2.27 bits per heavy atom. The van der Waals surface area contributed by atoms with Gasteiger partial charge in [0.25, 0.3) is 0 Å². The van der Waals surface area contributed by atoms with Gasteiger partial charge < -0.3 is 4.74 Å². The molecule has 3 nitrogen and oxygen atoms in total. The van der Waals surface area contributed by atoms with Crippen LogP contribution in [0.15, 0.2) is 15.6 Å². The van der Waals surface area contributed by atoms with Crippen molar-refractivity contribution >= 4 is 25.3 Å². The van der Waals surface area contributed by atoms with E-state index in [1.165, 1.54) is 7.11 Å². The average Bonchev–Trinajstić information content (AvgIpc) is 2.05. The molecular weight excluding hydrogens is 162 g/mol. The second kappa shape index (κ2) is 4.96. The lowest BCUT2D eigenvalue weighted by Crippen LogP contribution is -2.03. The maximum absolute atomic E-state index is 10.9. The maximum Gasteiger partial charge on any atom is 0.357 e. The summed E-state index contributed by atoms with van der Waals surface area (Å²) in [5, 5.41) is 0. The molecule has 0 bridgehead atoms. The third-order valence-corrected chi connectivity index (χ3v) is 1.67. The van der Waals surface area contributed by atoms with Crippen LogP contribution in [0.4, 0.5) is 0 Å². The van der Waals surface area contributed by atoms with Crippen LogP contribution in [0, 0.1) is 0 Å². The summed E-state index contributed by atoms with van der Waals surface area (Å²) >= 11 is 4.04. The van der Waals surface area contributed by atoms with Gasteiger partial charge in [-0.1, -0.05) is 6.92 Å². The number of aliphatic imine (C=N–C) groups is 1. The van der Waals surface area contributed by atoms with Crippen LogP contribution in [0.25, 0.3) is 0 Å². The van der Waals surface area contributed by atoms with Gasteiger partial charge in [0.2, 0.25) is 0 Å². The molecule has 0 saturated carbocycles. The normalized spacial score (nSPS) is 11.9. The number of carbonyl (C=O) groups is 1. The van der Waals surface area contributed by atoms with E-state index in [0.717, 1.165) is 0 Å². The van der Waals surface area contributed by atoms with Gasteiger partial charge in [-0.05, 0) is 13.1 Å². The molecule has 0 atom stereocenters. The number of ether oxygens (including phenoxy) is 1. The molecule has 0 rings (SSSR count). The van der Waals surface area contributed by atoms with E-state index in [4.69, 9.17) is 0 Å². The van der Waals surface area contributed by atoms with Crippen molar-refractivity contribution in [3.63, 3.8) is 0 Å². The van der Waals surface area contributed by atoms with Crippen molar-refractivity contribution in [1.82, 2.24) is 0 Å². The summed E-state index contributed by atoms with van der Waals surface area (Å²) in [6.07, 6.45) is 0.645. The van der Waals surface area contributed by atoms with Gasteiger partial charge in [0.1, 0.15) is 0 Å². The Bertz CT molecular complexity index is 199. The molecular formula is C7H11NO2S. The topological polar surface area (TPSA) is 38.7 Å². The Morgan fingerprint density at radius 1 is 1.73 bits per heavy atom. The maximum atomic E-state index is 10.9. The molecule has 0 aliphatic carbocycles. The fourth-order valence-electron chi connectivity index (χ4n) is 0.538. The van der Waals surface area contributed by atoms with Crippen molar-refractivity contribution in [3.8, 4) is 0 Å². The average molecular weight is 173 g/mol. The number of hydrogen-bond donors (Lipinski definition) is 1. The second-order valence-electron chi connectivity index (χ2n) is 1.80. The second-order valence-corrected chi connectivity index (χ2v) is 2.34. The zero-order valence-corrected chi connectivity index (χ0v) is 7.52. The van der Waals surface area contributed by atoms with Crippen molar-refractivity contribution in [2.24, 2.45) is 4.99 Å². The highest BCUT2D eigenvalue weighted by molar-refractivity contribution is 7.84. The Balaban J connectivity index is 4.64. The number of nitrogens with zero attached hydrogens (tertiary/aromatic N) is 1. The first-order valence-corrected chi connectivity index (χ1v) is 3.59. The Kier molecular flexibility index (Phi) is 4.61. The first-order chi connectivity index (χ1) is 5.17. The molecule has 62 valence electrons. The van der Waals surface area contributed by atoms with Gasteiger partial charge in [-0.25, -0.2) is 4.79 Å². The summed E-state index contributed by atoms with van der Waals surface area (Å²) in [4.78, 5) is 15.0. The summed E-state index contributed by atoms with van der Waals surface area (Å²) in [5.74, 6) is -0.494. The molecule has 4 heteroatoms. The van der Waals surface area contributed by atoms with E-state index in [0.29, 0.717) is 11.3 Å². The van der Waals surface area contributed by atoms with Crippen molar-refractivity contribution < 1.29 is 9.53 Å². The minimum Gasteiger partial charge on any atom is -0.464 e. The van der Waals surface area contributed by atoms with Gasteiger partial charge >= 0.3 is 5.97 Å². The lowest BCUT2D eigenvalue weighted by atomic mass is 10.3. The van der Waals surface area contributed by atoms with Crippen LogP contribution < -0.4 is 0 Å². The summed E-state index contributed by atoms with van der Waals surface area (Å²) in [5.41, 5.74) is 0.193. The summed E-state index contributed by atoms with van der Waals surface area (Å²) in [7, 11) is 1.30. The van der Waals surface area contributed by atoms with E-state index in [-0.39, 0.29) is 5.70 Å². The van der Waals surface area contributed by atoms with Gasteiger partial charge in [-0.2, -0.15) is 0 Å². The molecule has 0 heterocycles. The monoisotopic (exact) mass is 173 g/mol. The minimum absolute atomic E-state index is 0.193. The highest BCUT2D eigenvalue weighted by Gasteiger charge is 2.09. The molecule has 0 saturated heterocycles. The van der Waals surface area contributed by atoms with E-state index in [2.05, 4.69) is 29.1 Å². The van der Waals surface area contributed by atoms with Crippen LogP contribution in [0.1, 0.15) is 13.3 Å². The molecule has 0 aromatic heterocycles. The Morgan fingerprint density at radius 3 is 2.55 bits per heavy atom. The van der Waals surface area contributed by atoms with Crippen LogP contribution in [-0.4, -0.2) is 19.8 Å². The van der Waals surface area contributed by atoms with Gasteiger partial charge in [0.15, 0.2) is 5.70 Å². The third-order valence-electron chi connectivity index (χ3n) is 1.15. The Labute approximate surface area is 71.6 Å². The molecule has 0 aliphatic rings. The van der Waals surface area contributed by atoms with Gasteiger partial charge in [-0.3, -0.25) is 4.99 Å². The molecule has 0 aromatic rings. The molecule has 0 amide bonds. The van der Waals surface area contributed by atoms with Crippen molar-refractivity contribution in [3.05, 3.63) is 10.6 Å². The van der Waals surface area contributed by atoms with Crippen molar-refractivity contribution in [2.45, 2.75) is 13.3 Å². The highest BCUT2D eigenvalue weighted by Crippen LogP contribution is 2.14. The van der Waals surface area contributed by atoms with Crippen LogP contribution in [0.5, 0.6) is 0 Å². The smallest absolute Gasteiger partial charge is 0.357 e. The highest BCUT2D eigenvalue weighted by atomic mass is 32.1. The third kappa shape index (κ3) is 2.76. The van der Waals surface area contributed by atoms with E-state index in [9.17, 15) is 4.79 Å². The number of carbonyl (C=O) groups excluding carboxylic acids is 1. The number of allylic oxidation sites excluding steroid dienone is 1. The molecule has 0 radical (unpaired) electrons. The van der Waals surface area contributed by atoms with Gasteiger partial charge in [-0.15, -0.1) is 12.6 Å². The molecule has 11 heavy (non-hydrogen) atoms. The standard InChI is InChI=1S/C7H11NO2S/c1-4-5(11)6(8-2)7(9)10-3/h11H,2,4H2,1,3H3/b6-5-. The van der Waals surface area contributed by atoms with Gasteiger partial charge in [0.05, 0.1) is 7.11 Å². The fraction of sp³-hybridized carbons (Fsp3) is 0.429. The first kappa shape index (κ1) is 10.2. The molecule has 0 N–H and O–H groups in total. The van der Waals surface area contributed by atoms with Crippen LogP contribution in [0.3, 0.4) is 0 Å². The molecule has 0 unspecified atom stereocenters. The molecule has 0 fully saturated rings. The van der Waals surface area contributed by atoms with Crippen LogP contribution >= 0.6 is 12.6 Å². The van der Waals surface area contributed by atoms with E-state index in [1.807, 2.05) is 6.92 Å². The number of hydrogen-bond acceptors (Lipinski definition) is 4. The summed E-state index contributed by atoms with van der Waals surface area (Å²) < 4.78 is 4.45. The number of esters is 1.